The number of fused-ring (bicyclic) bond motifs is 1. The number of piperazine rings is 1. The molecule has 2 aromatic rings. The van der Waals surface area contributed by atoms with Gasteiger partial charge in [-0.1, -0.05) is 24.4 Å². The van der Waals surface area contributed by atoms with Crippen LogP contribution >= 0.6 is 0 Å². The lowest BCUT2D eigenvalue weighted by molar-refractivity contribution is -0.134. The molecule has 3 heterocycles. The molecule has 27 heavy (non-hydrogen) atoms. The fourth-order valence-corrected chi connectivity index (χ4v) is 4.37. The number of carbonyl (C=O) groups is 1. The van der Waals surface area contributed by atoms with Gasteiger partial charge in [-0.05, 0) is 26.7 Å². The third-order valence-electron chi connectivity index (χ3n) is 6.01. The van der Waals surface area contributed by atoms with Crippen LogP contribution in [0.2, 0.25) is 0 Å². The molecular weight excluding hydrogens is 346 g/mol. The molecule has 1 amide bonds. The van der Waals surface area contributed by atoms with Gasteiger partial charge in [0.2, 0.25) is 5.91 Å². The lowest BCUT2D eigenvalue weighted by atomic mass is 9.94. The molecular formula is C19H27N5O3. The van der Waals surface area contributed by atoms with Crippen molar-refractivity contribution in [1.82, 2.24) is 24.5 Å². The van der Waals surface area contributed by atoms with Gasteiger partial charge >= 0.3 is 0 Å². The van der Waals surface area contributed by atoms with Crippen LogP contribution in [0.15, 0.2) is 9.32 Å². The summed E-state index contributed by atoms with van der Waals surface area (Å²) >= 11 is 0. The molecule has 0 radical (unpaired) electrons. The fourth-order valence-electron chi connectivity index (χ4n) is 4.37. The Morgan fingerprint density at radius 2 is 1.81 bits per heavy atom. The van der Waals surface area contributed by atoms with Crippen LogP contribution in [-0.4, -0.2) is 62.6 Å². The molecule has 0 spiro atoms. The van der Waals surface area contributed by atoms with E-state index in [1.807, 2.05) is 4.90 Å². The number of amides is 1. The molecule has 0 bridgehead atoms. The highest BCUT2D eigenvalue weighted by Crippen LogP contribution is 2.23. The van der Waals surface area contributed by atoms with Crippen molar-refractivity contribution >= 4 is 17.0 Å². The van der Waals surface area contributed by atoms with Crippen molar-refractivity contribution in [1.29, 1.82) is 0 Å². The monoisotopic (exact) mass is 373 g/mol. The molecule has 2 fully saturated rings. The Hall–Kier alpha value is -2.22. The summed E-state index contributed by atoms with van der Waals surface area (Å²) in [5.41, 5.74) is 0.482. The van der Waals surface area contributed by atoms with Gasteiger partial charge in [-0.2, -0.15) is 4.98 Å². The summed E-state index contributed by atoms with van der Waals surface area (Å²) in [4.78, 5) is 34.2. The molecule has 8 heteroatoms. The highest BCUT2D eigenvalue weighted by atomic mass is 16.5. The van der Waals surface area contributed by atoms with Crippen molar-refractivity contribution in [2.45, 2.75) is 58.5 Å². The van der Waals surface area contributed by atoms with E-state index in [4.69, 9.17) is 4.52 Å². The predicted octanol–water partition coefficient (Wildman–Crippen LogP) is 1.48. The molecule has 2 aliphatic rings. The van der Waals surface area contributed by atoms with Crippen molar-refractivity contribution in [3.63, 3.8) is 0 Å². The van der Waals surface area contributed by atoms with E-state index in [9.17, 15) is 9.59 Å². The summed E-state index contributed by atoms with van der Waals surface area (Å²) in [5.74, 6) is 0.441. The number of hydrogen-bond donors (Lipinski definition) is 0. The van der Waals surface area contributed by atoms with Gasteiger partial charge in [0.15, 0.2) is 0 Å². The molecule has 1 aliphatic carbocycles. The van der Waals surface area contributed by atoms with Gasteiger partial charge in [0, 0.05) is 32.2 Å². The fraction of sp³-hybridized carbons (Fsp3) is 0.684. The molecule has 1 saturated heterocycles. The van der Waals surface area contributed by atoms with Crippen LogP contribution in [0.25, 0.3) is 11.1 Å². The summed E-state index contributed by atoms with van der Waals surface area (Å²) in [7, 11) is 0. The summed E-state index contributed by atoms with van der Waals surface area (Å²) in [6, 6.07) is 0.684. The lowest BCUT2D eigenvalue weighted by Gasteiger charge is -2.40. The van der Waals surface area contributed by atoms with E-state index in [0.29, 0.717) is 22.9 Å². The standard InChI is InChI=1S/C19H27N5O3/c1-13-17-18(27-21-13)20-14(2)24(19(17)26)12-16(25)23-10-8-22(9-11-23)15-6-4-3-5-7-15/h15H,3-12H2,1-2H3. The van der Waals surface area contributed by atoms with Crippen LogP contribution in [0.3, 0.4) is 0 Å². The van der Waals surface area contributed by atoms with Crippen molar-refractivity contribution in [3.05, 3.63) is 21.9 Å². The second kappa shape index (κ2) is 7.42. The van der Waals surface area contributed by atoms with E-state index in [1.165, 1.54) is 36.7 Å². The Kier molecular flexibility index (Phi) is 4.99. The number of hydrogen-bond acceptors (Lipinski definition) is 6. The number of nitrogens with zero attached hydrogens (tertiary/aromatic N) is 5. The van der Waals surface area contributed by atoms with E-state index in [-0.39, 0.29) is 23.7 Å². The zero-order chi connectivity index (χ0) is 19.0. The maximum absolute atomic E-state index is 12.8. The van der Waals surface area contributed by atoms with E-state index >= 15 is 0 Å². The first-order valence-corrected chi connectivity index (χ1v) is 9.90. The lowest BCUT2D eigenvalue weighted by Crippen LogP contribution is -2.53. The van der Waals surface area contributed by atoms with E-state index in [1.54, 1.807) is 13.8 Å². The van der Waals surface area contributed by atoms with Crippen LogP contribution in [0.4, 0.5) is 0 Å². The molecule has 0 aromatic carbocycles. The zero-order valence-electron chi connectivity index (χ0n) is 16.1. The highest BCUT2D eigenvalue weighted by molar-refractivity contribution is 5.78. The normalized spacial score (nSPS) is 19.7. The molecule has 0 N–H and O–H groups in total. The van der Waals surface area contributed by atoms with Gasteiger partial charge in [0.1, 0.15) is 17.8 Å². The molecule has 8 nitrogen and oxygen atoms in total. The van der Waals surface area contributed by atoms with Crippen molar-refractivity contribution in [2.24, 2.45) is 0 Å². The second-order valence-electron chi connectivity index (χ2n) is 7.71. The van der Waals surface area contributed by atoms with Crippen molar-refractivity contribution in [3.8, 4) is 0 Å². The first-order chi connectivity index (χ1) is 13.0. The van der Waals surface area contributed by atoms with Crippen LogP contribution in [0.1, 0.15) is 43.6 Å². The third kappa shape index (κ3) is 3.50. The molecule has 1 aliphatic heterocycles. The average molecular weight is 373 g/mol. The van der Waals surface area contributed by atoms with Crippen molar-refractivity contribution in [2.75, 3.05) is 26.2 Å². The van der Waals surface area contributed by atoms with Gasteiger partial charge in [-0.25, -0.2) is 0 Å². The molecule has 146 valence electrons. The maximum Gasteiger partial charge on any atom is 0.267 e. The second-order valence-corrected chi connectivity index (χ2v) is 7.71. The number of aromatic nitrogens is 3. The quantitative estimate of drug-likeness (QED) is 0.810. The van der Waals surface area contributed by atoms with Gasteiger partial charge in [-0.3, -0.25) is 19.1 Å². The Morgan fingerprint density at radius 3 is 2.52 bits per heavy atom. The number of rotatable bonds is 3. The molecule has 1 saturated carbocycles. The average Bonchev–Trinajstić information content (AvgIpc) is 3.06. The summed E-state index contributed by atoms with van der Waals surface area (Å²) in [6.45, 7) is 6.74. The summed E-state index contributed by atoms with van der Waals surface area (Å²) < 4.78 is 6.51. The van der Waals surface area contributed by atoms with Crippen LogP contribution in [0.5, 0.6) is 0 Å². The smallest absolute Gasteiger partial charge is 0.267 e. The van der Waals surface area contributed by atoms with Gasteiger partial charge in [0.05, 0.1) is 5.69 Å². The zero-order valence-corrected chi connectivity index (χ0v) is 16.1. The van der Waals surface area contributed by atoms with E-state index < -0.39 is 0 Å². The third-order valence-corrected chi connectivity index (χ3v) is 6.01. The SMILES string of the molecule is Cc1noc2nc(C)n(CC(=O)N3CCN(C4CCCCC4)CC3)c(=O)c12. The van der Waals surface area contributed by atoms with Gasteiger partial charge in [0.25, 0.3) is 11.3 Å². The minimum atomic E-state index is -0.259. The van der Waals surface area contributed by atoms with Crippen LogP contribution in [-0.2, 0) is 11.3 Å². The first-order valence-electron chi connectivity index (χ1n) is 9.90. The number of aryl methyl sites for hydroxylation is 2. The Balaban J connectivity index is 1.43. The van der Waals surface area contributed by atoms with E-state index in [2.05, 4.69) is 15.0 Å². The minimum Gasteiger partial charge on any atom is -0.339 e. The molecule has 2 aromatic heterocycles. The molecule has 0 atom stereocenters. The predicted molar refractivity (Wildman–Crippen MR) is 101 cm³/mol. The van der Waals surface area contributed by atoms with Crippen LogP contribution in [0, 0.1) is 13.8 Å². The Morgan fingerprint density at radius 1 is 1.11 bits per heavy atom. The van der Waals surface area contributed by atoms with Crippen LogP contribution < -0.4 is 5.56 Å². The molecule has 4 rings (SSSR count). The van der Waals surface area contributed by atoms with Crippen molar-refractivity contribution < 1.29 is 9.32 Å². The summed E-state index contributed by atoms with van der Waals surface area (Å²) in [5, 5.41) is 4.17. The van der Waals surface area contributed by atoms with Gasteiger partial charge in [-0.15, -0.1) is 0 Å². The van der Waals surface area contributed by atoms with E-state index in [0.717, 1.165) is 26.2 Å². The van der Waals surface area contributed by atoms with Gasteiger partial charge < -0.3 is 9.42 Å². The largest absolute Gasteiger partial charge is 0.339 e. The minimum absolute atomic E-state index is 0.0155. The summed E-state index contributed by atoms with van der Waals surface area (Å²) in [6.07, 6.45) is 6.57. The topological polar surface area (TPSA) is 84.5 Å². The Bertz CT molecular complexity index is 889. The Labute approximate surface area is 158 Å². The molecule has 0 unspecified atom stereocenters. The maximum atomic E-state index is 12.8. The highest BCUT2D eigenvalue weighted by Gasteiger charge is 2.27. The first kappa shape index (κ1) is 18.2. The number of carbonyl (C=O) groups excluding carboxylic acids is 1.